The predicted molar refractivity (Wildman–Crippen MR) is 117 cm³/mol. The average Bonchev–Trinajstić information content (AvgIpc) is 3.12. The molecule has 0 saturated carbocycles. The molecular formula is C25H18ClNO4. The fraction of sp³-hybridized carbons (Fsp3) is 0.120. The lowest BCUT2D eigenvalue weighted by molar-refractivity contribution is -0.0878. The van der Waals surface area contributed by atoms with E-state index in [1.165, 1.54) is 23.2 Å². The lowest BCUT2D eigenvalue weighted by Gasteiger charge is -2.39. The lowest BCUT2D eigenvalue weighted by atomic mass is 9.82. The van der Waals surface area contributed by atoms with Gasteiger partial charge in [-0.2, -0.15) is 0 Å². The summed E-state index contributed by atoms with van der Waals surface area (Å²) in [4.78, 5) is 28.2. The van der Waals surface area contributed by atoms with E-state index in [-0.39, 0.29) is 22.3 Å². The molecule has 5 nitrogen and oxygen atoms in total. The highest BCUT2D eigenvalue weighted by Gasteiger charge is 2.71. The number of hydrogen-bond acceptors (Lipinski definition) is 5. The zero-order valence-electron chi connectivity index (χ0n) is 16.5. The van der Waals surface area contributed by atoms with Crippen molar-refractivity contribution in [1.29, 1.82) is 0 Å². The van der Waals surface area contributed by atoms with Crippen LogP contribution >= 0.6 is 11.6 Å². The van der Waals surface area contributed by atoms with Crippen molar-refractivity contribution in [3.63, 3.8) is 0 Å². The molecule has 0 unspecified atom stereocenters. The highest BCUT2D eigenvalue weighted by molar-refractivity contribution is 6.30. The second-order valence-electron chi connectivity index (χ2n) is 7.84. The molecule has 6 heteroatoms. The van der Waals surface area contributed by atoms with Crippen molar-refractivity contribution in [2.45, 2.75) is 18.2 Å². The van der Waals surface area contributed by atoms with Crippen LogP contribution in [0.1, 0.15) is 31.8 Å². The van der Waals surface area contributed by atoms with Gasteiger partial charge in [0.05, 0.1) is 5.57 Å². The number of aryl methyl sites for hydroxylation is 1. The van der Waals surface area contributed by atoms with Crippen LogP contribution in [0.15, 0.2) is 84.6 Å². The first-order valence-electron chi connectivity index (χ1n) is 9.76. The fourth-order valence-electron chi connectivity index (χ4n) is 4.41. The summed E-state index contributed by atoms with van der Waals surface area (Å²) in [5.41, 5.74) is -2.59. The molecule has 1 aliphatic carbocycles. The Bertz CT molecular complexity index is 1270. The number of hydrogen-bond donors (Lipinski definition) is 2. The Kier molecular flexibility index (Phi) is 4.21. The van der Waals surface area contributed by atoms with Crippen LogP contribution in [0.2, 0.25) is 5.02 Å². The van der Waals surface area contributed by atoms with Gasteiger partial charge in [-0.1, -0.05) is 53.6 Å². The van der Waals surface area contributed by atoms with Crippen molar-refractivity contribution in [3.05, 3.63) is 112 Å². The number of carbonyl (C=O) groups excluding carboxylic acids is 2. The summed E-state index contributed by atoms with van der Waals surface area (Å²) in [5.74, 6) is -1.28. The number of benzene rings is 3. The highest BCUT2D eigenvalue weighted by Crippen LogP contribution is 2.55. The molecule has 1 aliphatic heterocycles. The van der Waals surface area contributed by atoms with E-state index in [0.29, 0.717) is 10.7 Å². The van der Waals surface area contributed by atoms with Crippen molar-refractivity contribution in [2.24, 2.45) is 0 Å². The average molecular weight is 432 g/mol. The van der Waals surface area contributed by atoms with E-state index >= 15 is 0 Å². The Balaban J connectivity index is 1.75. The number of fused-ring (bicyclic) bond motifs is 3. The number of aliphatic hydroxyl groups is 2. The first kappa shape index (κ1) is 19.7. The fourth-order valence-corrected chi connectivity index (χ4v) is 4.54. The van der Waals surface area contributed by atoms with E-state index in [4.69, 9.17) is 11.6 Å². The Morgan fingerprint density at radius 3 is 2.26 bits per heavy atom. The second-order valence-corrected chi connectivity index (χ2v) is 8.28. The third-order valence-corrected chi connectivity index (χ3v) is 6.29. The van der Waals surface area contributed by atoms with Gasteiger partial charge in [0.2, 0.25) is 17.1 Å². The van der Waals surface area contributed by atoms with Crippen LogP contribution in [0.25, 0.3) is 0 Å². The van der Waals surface area contributed by atoms with Gasteiger partial charge in [0.1, 0.15) is 0 Å². The summed E-state index contributed by atoms with van der Waals surface area (Å²) in [6, 6.07) is 19.9. The van der Waals surface area contributed by atoms with Crippen LogP contribution in [-0.4, -0.2) is 27.4 Å². The highest BCUT2D eigenvalue weighted by atomic mass is 35.5. The van der Waals surface area contributed by atoms with Gasteiger partial charge in [0.25, 0.3) is 0 Å². The molecule has 1 heterocycles. The van der Waals surface area contributed by atoms with Gasteiger partial charge in [-0.25, -0.2) is 0 Å². The third-order valence-electron chi connectivity index (χ3n) is 6.04. The van der Waals surface area contributed by atoms with E-state index < -0.39 is 22.9 Å². The summed E-state index contributed by atoms with van der Waals surface area (Å²) in [5, 5.41) is 24.1. The van der Waals surface area contributed by atoms with Crippen LogP contribution in [0.5, 0.6) is 0 Å². The molecule has 3 aromatic carbocycles. The van der Waals surface area contributed by atoms with Gasteiger partial charge < -0.3 is 15.1 Å². The van der Waals surface area contributed by atoms with Crippen LogP contribution < -0.4 is 4.90 Å². The molecule has 0 fully saturated rings. The largest absolute Gasteiger partial charge is 0.372 e. The lowest BCUT2D eigenvalue weighted by Crippen LogP contribution is -2.57. The monoisotopic (exact) mass is 431 g/mol. The number of ketones is 2. The van der Waals surface area contributed by atoms with Crippen LogP contribution in [-0.2, 0) is 5.72 Å². The minimum absolute atomic E-state index is 0.180. The first-order valence-corrected chi connectivity index (χ1v) is 10.1. The molecule has 2 atom stereocenters. The topological polar surface area (TPSA) is 77.8 Å². The van der Waals surface area contributed by atoms with Crippen LogP contribution in [0, 0.1) is 6.92 Å². The SMILES string of the molecule is Cc1ccc(N2C=C(C(=O)c3ccc(Cl)cc3)[C@]3(O)C(=O)c4ccccc4[C@]23O)cc1. The number of nitrogens with zero attached hydrogens (tertiary/aromatic N) is 1. The predicted octanol–water partition coefficient (Wildman–Crippen LogP) is 4.01. The molecule has 0 bridgehead atoms. The Hall–Kier alpha value is -3.25. The van der Waals surface area contributed by atoms with E-state index in [0.717, 1.165) is 5.56 Å². The third kappa shape index (κ3) is 2.51. The zero-order chi connectivity index (χ0) is 22.0. The molecule has 0 amide bonds. The van der Waals surface area contributed by atoms with Crippen LogP contribution in [0.3, 0.4) is 0 Å². The molecule has 31 heavy (non-hydrogen) atoms. The molecule has 0 aromatic heterocycles. The molecule has 154 valence electrons. The summed E-state index contributed by atoms with van der Waals surface area (Å²) in [6.45, 7) is 1.93. The van der Waals surface area contributed by atoms with E-state index in [9.17, 15) is 19.8 Å². The van der Waals surface area contributed by atoms with Crippen LogP contribution in [0.4, 0.5) is 5.69 Å². The van der Waals surface area contributed by atoms with Gasteiger partial charge in [-0.05, 0) is 43.3 Å². The van der Waals surface area contributed by atoms with Crippen molar-refractivity contribution < 1.29 is 19.8 Å². The number of carbonyl (C=O) groups is 2. The summed E-state index contributed by atoms with van der Waals surface area (Å²) in [7, 11) is 0. The molecule has 0 spiro atoms. The van der Waals surface area contributed by atoms with Gasteiger partial charge in [-0.15, -0.1) is 0 Å². The van der Waals surface area contributed by atoms with Gasteiger partial charge in [0, 0.05) is 33.6 Å². The first-order chi connectivity index (χ1) is 14.8. The number of halogens is 1. The maximum absolute atomic E-state index is 13.4. The smallest absolute Gasteiger partial charge is 0.211 e. The Morgan fingerprint density at radius 2 is 1.58 bits per heavy atom. The molecule has 3 aromatic rings. The molecule has 0 saturated heterocycles. The van der Waals surface area contributed by atoms with Gasteiger partial charge in [-0.3, -0.25) is 9.59 Å². The Morgan fingerprint density at radius 1 is 0.935 bits per heavy atom. The maximum atomic E-state index is 13.4. The van der Waals surface area contributed by atoms with Gasteiger partial charge in [0.15, 0.2) is 5.78 Å². The number of anilines is 1. The zero-order valence-corrected chi connectivity index (χ0v) is 17.3. The maximum Gasteiger partial charge on any atom is 0.211 e. The standard InChI is InChI=1S/C25H18ClNO4/c1-15-6-12-18(13-7-15)27-14-21(22(28)16-8-10-17(26)11-9-16)24(30)23(29)19-4-2-3-5-20(19)25(24,27)31/h2-14,30-31H,1H3/t24-,25+/m0/s1. The number of rotatable bonds is 3. The quantitative estimate of drug-likeness (QED) is 0.613. The molecule has 5 rings (SSSR count). The van der Waals surface area contributed by atoms with Crippen molar-refractivity contribution in [2.75, 3.05) is 4.90 Å². The van der Waals surface area contributed by atoms with E-state index in [1.807, 2.05) is 19.1 Å². The summed E-state index contributed by atoms with van der Waals surface area (Å²) < 4.78 is 0. The molecule has 2 aliphatic rings. The molecule has 2 N–H and O–H groups in total. The Labute approximate surface area is 183 Å². The minimum Gasteiger partial charge on any atom is -0.372 e. The normalized spacial score (nSPS) is 24.1. The van der Waals surface area contributed by atoms with Crippen molar-refractivity contribution >= 4 is 28.9 Å². The second kappa shape index (κ2) is 6.62. The van der Waals surface area contributed by atoms with Crippen molar-refractivity contribution in [1.82, 2.24) is 0 Å². The summed E-state index contributed by atoms with van der Waals surface area (Å²) >= 11 is 5.94. The van der Waals surface area contributed by atoms with Gasteiger partial charge >= 0.3 is 0 Å². The minimum atomic E-state index is -2.46. The van der Waals surface area contributed by atoms with E-state index in [2.05, 4.69) is 0 Å². The molecular weight excluding hydrogens is 414 g/mol. The van der Waals surface area contributed by atoms with Crippen molar-refractivity contribution in [3.8, 4) is 0 Å². The summed E-state index contributed by atoms with van der Waals surface area (Å²) in [6.07, 6.45) is 1.37. The number of Topliss-reactive ketones (excluding diaryl/α,β-unsaturated/α-hetero) is 2. The molecule has 0 radical (unpaired) electrons. The van der Waals surface area contributed by atoms with E-state index in [1.54, 1.807) is 48.5 Å².